The largest absolute Gasteiger partial charge is 0.339 e. The monoisotopic (exact) mass is 319 g/mol. The predicted octanol–water partition coefficient (Wildman–Crippen LogP) is 4.20. The molecule has 0 saturated carbocycles. The van der Waals surface area contributed by atoms with Crippen LogP contribution in [0.1, 0.15) is 32.3 Å². The Morgan fingerprint density at radius 3 is 2.59 bits per heavy atom. The van der Waals surface area contributed by atoms with Gasteiger partial charge < -0.3 is 10.2 Å². The Labute approximate surface area is 136 Å². The molecule has 0 aliphatic heterocycles. The number of halogens is 1. The van der Waals surface area contributed by atoms with Crippen molar-refractivity contribution < 1.29 is 0 Å². The third-order valence-corrected chi connectivity index (χ3v) is 3.51. The molecule has 0 fully saturated rings. The molecule has 0 radical (unpaired) electrons. The molecule has 1 aromatic heterocycles. The summed E-state index contributed by atoms with van der Waals surface area (Å²) in [6.07, 6.45) is 3.72. The maximum atomic E-state index is 6.05. The molecule has 0 aliphatic rings. The average molecular weight is 320 g/mol. The van der Waals surface area contributed by atoms with Gasteiger partial charge in [0.1, 0.15) is 0 Å². The zero-order valence-corrected chi connectivity index (χ0v) is 14.1. The van der Waals surface area contributed by atoms with Gasteiger partial charge in [0.2, 0.25) is 5.95 Å². The van der Waals surface area contributed by atoms with Crippen molar-refractivity contribution in [1.29, 1.82) is 0 Å². The van der Waals surface area contributed by atoms with E-state index in [1.807, 2.05) is 25.1 Å². The molecular formula is C16H22ClN5. The van der Waals surface area contributed by atoms with Gasteiger partial charge in [0.15, 0.2) is 5.82 Å². The van der Waals surface area contributed by atoms with Crippen LogP contribution in [0, 0.1) is 6.92 Å². The predicted molar refractivity (Wildman–Crippen MR) is 92.1 cm³/mol. The summed E-state index contributed by atoms with van der Waals surface area (Å²) in [5.41, 5.74) is 2.03. The number of hydrogen-bond donors (Lipinski definition) is 1. The van der Waals surface area contributed by atoms with Crippen LogP contribution < -0.4 is 10.2 Å². The Bertz CT molecular complexity index is 611. The Balaban J connectivity index is 2.22. The van der Waals surface area contributed by atoms with Crippen LogP contribution in [-0.2, 0) is 0 Å². The van der Waals surface area contributed by atoms with E-state index in [0.717, 1.165) is 37.2 Å². The first-order valence-electron chi connectivity index (χ1n) is 7.61. The summed E-state index contributed by atoms with van der Waals surface area (Å²) in [6, 6.07) is 5.73. The van der Waals surface area contributed by atoms with Gasteiger partial charge in [-0.2, -0.15) is 10.1 Å². The zero-order chi connectivity index (χ0) is 15.9. The highest BCUT2D eigenvalue weighted by Gasteiger charge is 2.10. The second-order valence-corrected chi connectivity index (χ2v) is 5.65. The summed E-state index contributed by atoms with van der Waals surface area (Å²) in [5.74, 6) is 1.33. The van der Waals surface area contributed by atoms with Crippen LogP contribution in [0.2, 0.25) is 5.02 Å². The van der Waals surface area contributed by atoms with Gasteiger partial charge in [-0.25, -0.2) is 0 Å². The zero-order valence-electron chi connectivity index (χ0n) is 13.3. The minimum atomic E-state index is 0.661. The standard InChI is InChI=1S/C16H22ClN5/c1-4-8-22(9-5-2)16-20-15(11-18-21-16)19-14-10-13(17)7-6-12(14)3/h6-7,10-11H,4-5,8-9H2,1-3H3,(H,19,20,21). The lowest BCUT2D eigenvalue weighted by atomic mass is 10.2. The first-order valence-corrected chi connectivity index (χ1v) is 7.99. The molecule has 22 heavy (non-hydrogen) atoms. The molecule has 0 atom stereocenters. The summed E-state index contributed by atoms with van der Waals surface area (Å²) in [5, 5.41) is 12.2. The van der Waals surface area contributed by atoms with Gasteiger partial charge in [0.05, 0.1) is 6.20 Å². The maximum Gasteiger partial charge on any atom is 0.247 e. The topological polar surface area (TPSA) is 53.9 Å². The first kappa shape index (κ1) is 16.5. The number of rotatable bonds is 7. The van der Waals surface area contributed by atoms with E-state index < -0.39 is 0 Å². The van der Waals surface area contributed by atoms with Gasteiger partial charge in [0, 0.05) is 23.8 Å². The SMILES string of the molecule is CCCN(CCC)c1nncc(Nc2cc(Cl)ccc2C)n1. The van der Waals surface area contributed by atoms with Crippen LogP contribution in [0.4, 0.5) is 17.5 Å². The third kappa shape index (κ3) is 4.31. The van der Waals surface area contributed by atoms with Gasteiger partial charge in [0.25, 0.3) is 0 Å². The van der Waals surface area contributed by atoms with Crippen molar-refractivity contribution in [3.05, 3.63) is 35.0 Å². The number of anilines is 3. The van der Waals surface area contributed by atoms with E-state index in [2.05, 4.69) is 39.2 Å². The molecule has 0 amide bonds. The molecule has 2 aromatic rings. The molecule has 118 valence electrons. The molecule has 1 N–H and O–H groups in total. The fourth-order valence-electron chi connectivity index (χ4n) is 2.21. The van der Waals surface area contributed by atoms with Crippen molar-refractivity contribution >= 4 is 29.1 Å². The maximum absolute atomic E-state index is 6.05. The van der Waals surface area contributed by atoms with Crippen LogP contribution in [0.5, 0.6) is 0 Å². The molecular weight excluding hydrogens is 298 g/mol. The number of aromatic nitrogens is 3. The fraction of sp³-hybridized carbons (Fsp3) is 0.438. The van der Waals surface area contributed by atoms with E-state index in [1.54, 1.807) is 6.20 Å². The van der Waals surface area contributed by atoms with Crippen LogP contribution in [0.15, 0.2) is 24.4 Å². The molecule has 1 aromatic carbocycles. The van der Waals surface area contributed by atoms with Crippen LogP contribution in [-0.4, -0.2) is 28.3 Å². The summed E-state index contributed by atoms with van der Waals surface area (Å²) < 4.78 is 0. The molecule has 5 nitrogen and oxygen atoms in total. The van der Waals surface area contributed by atoms with Gasteiger partial charge in [-0.1, -0.05) is 31.5 Å². The molecule has 0 saturated heterocycles. The second-order valence-electron chi connectivity index (χ2n) is 5.21. The number of nitrogens with one attached hydrogen (secondary N) is 1. The molecule has 2 rings (SSSR count). The van der Waals surface area contributed by atoms with E-state index in [-0.39, 0.29) is 0 Å². The Hall–Kier alpha value is -1.88. The highest BCUT2D eigenvalue weighted by atomic mass is 35.5. The number of benzene rings is 1. The summed E-state index contributed by atoms with van der Waals surface area (Å²) in [6.45, 7) is 8.17. The lowest BCUT2D eigenvalue weighted by Crippen LogP contribution is -2.27. The van der Waals surface area contributed by atoms with Crippen LogP contribution in [0.3, 0.4) is 0 Å². The Morgan fingerprint density at radius 1 is 1.18 bits per heavy atom. The minimum absolute atomic E-state index is 0.661. The summed E-state index contributed by atoms with van der Waals surface area (Å²) in [7, 11) is 0. The molecule has 0 bridgehead atoms. The van der Waals surface area contributed by atoms with Crippen molar-refractivity contribution in [3.63, 3.8) is 0 Å². The minimum Gasteiger partial charge on any atom is -0.339 e. The quantitative estimate of drug-likeness (QED) is 0.828. The summed E-state index contributed by atoms with van der Waals surface area (Å²) >= 11 is 6.05. The van der Waals surface area contributed by atoms with Gasteiger partial charge in [-0.05, 0) is 37.5 Å². The van der Waals surface area contributed by atoms with Crippen molar-refractivity contribution in [3.8, 4) is 0 Å². The number of nitrogens with zero attached hydrogens (tertiary/aromatic N) is 4. The van der Waals surface area contributed by atoms with Crippen LogP contribution >= 0.6 is 11.6 Å². The molecule has 0 unspecified atom stereocenters. The second kappa shape index (κ2) is 7.94. The van der Waals surface area contributed by atoms with E-state index >= 15 is 0 Å². The van der Waals surface area contributed by atoms with E-state index in [1.165, 1.54) is 0 Å². The van der Waals surface area contributed by atoms with Gasteiger partial charge in [-0.15, -0.1) is 5.10 Å². The van der Waals surface area contributed by atoms with Crippen LogP contribution in [0.25, 0.3) is 0 Å². The number of hydrogen-bond acceptors (Lipinski definition) is 5. The van der Waals surface area contributed by atoms with E-state index in [4.69, 9.17) is 11.6 Å². The average Bonchev–Trinajstić information content (AvgIpc) is 2.51. The molecule has 6 heteroatoms. The normalized spacial score (nSPS) is 10.5. The fourth-order valence-corrected chi connectivity index (χ4v) is 2.38. The Morgan fingerprint density at radius 2 is 1.91 bits per heavy atom. The Kier molecular flexibility index (Phi) is 5.95. The highest BCUT2D eigenvalue weighted by Crippen LogP contribution is 2.23. The molecule has 0 spiro atoms. The van der Waals surface area contributed by atoms with Crippen molar-refractivity contribution in [1.82, 2.24) is 15.2 Å². The summed E-state index contributed by atoms with van der Waals surface area (Å²) in [4.78, 5) is 6.73. The van der Waals surface area contributed by atoms with Crippen molar-refractivity contribution in [2.24, 2.45) is 0 Å². The van der Waals surface area contributed by atoms with E-state index in [0.29, 0.717) is 16.8 Å². The third-order valence-electron chi connectivity index (χ3n) is 3.28. The lowest BCUT2D eigenvalue weighted by molar-refractivity contribution is 0.711. The molecule has 0 aliphatic carbocycles. The highest BCUT2D eigenvalue weighted by molar-refractivity contribution is 6.30. The van der Waals surface area contributed by atoms with Gasteiger partial charge in [-0.3, -0.25) is 0 Å². The first-order chi connectivity index (χ1) is 10.6. The van der Waals surface area contributed by atoms with E-state index in [9.17, 15) is 0 Å². The van der Waals surface area contributed by atoms with Crippen molar-refractivity contribution in [2.45, 2.75) is 33.6 Å². The van der Waals surface area contributed by atoms with Gasteiger partial charge >= 0.3 is 0 Å². The molecule has 1 heterocycles. The van der Waals surface area contributed by atoms with Crippen molar-refractivity contribution in [2.75, 3.05) is 23.3 Å². The smallest absolute Gasteiger partial charge is 0.247 e. The number of aryl methyl sites for hydroxylation is 1. The lowest BCUT2D eigenvalue weighted by Gasteiger charge is -2.21.